The highest BCUT2D eigenvalue weighted by Gasteiger charge is 2.10. The first kappa shape index (κ1) is 12.2. The number of nitrogens with zero attached hydrogens (tertiary/aromatic N) is 5. The normalized spacial score (nSPS) is 10.7. The van der Waals surface area contributed by atoms with Crippen molar-refractivity contribution >= 4 is 0 Å². The number of rotatable bonds is 2. The van der Waals surface area contributed by atoms with Gasteiger partial charge in [0.2, 0.25) is 5.82 Å². The second-order valence-electron chi connectivity index (χ2n) is 3.86. The molecule has 2 heterocycles. The Morgan fingerprint density at radius 3 is 2.70 bits per heavy atom. The molecule has 0 aliphatic heterocycles. The molecule has 0 radical (unpaired) electrons. The molecule has 6 nitrogen and oxygen atoms in total. The molecule has 0 saturated heterocycles. The summed E-state index contributed by atoms with van der Waals surface area (Å²) in [5.74, 6) is -2.00. The van der Waals surface area contributed by atoms with Crippen molar-refractivity contribution < 1.29 is 8.78 Å². The van der Waals surface area contributed by atoms with Gasteiger partial charge in [-0.1, -0.05) is 0 Å². The van der Waals surface area contributed by atoms with E-state index >= 15 is 0 Å². The molecule has 0 saturated carbocycles. The summed E-state index contributed by atoms with van der Waals surface area (Å²) in [5.41, 5.74) is -0.332. The fourth-order valence-corrected chi connectivity index (χ4v) is 1.71. The van der Waals surface area contributed by atoms with Crippen LogP contribution in [0.15, 0.2) is 48.0 Å². The molecule has 0 spiro atoms. The van der Waals surface area contributed by atoms with E-state index < -0.39 is 17.2 Å². The Morgan fingerprint density at radius 1 is 1.15 bits per heavy atom. The fourth-order valence-electron chi connectivity index (χ4n) is 1.71. The first-order valence-corrected chi connectivity index (χ1v) is 5.55. The van der Waals surface area contributed by atoms with Gasteiger partial charge in [-0.2, -0.15) is 9.78 Å². The zero-order valence-electron chi connectivity index (χ0n) is 9.94. The van der Waals surface area contributed by atoms with Crippen molar-refractivity contribution in [2.75, 3.05) is 0 Å². The minimum atomic E-state index is -1.03. The molecular formula is C12H7F2N5O. The summed E-state index contributed by atoms with van der Waals surface area (Å²) in [6.07, 6.45) is 5.30. The van der Waals surface area contributed by atoms with E-state index in [1.54, 1.807) is 0 Å². The third-order valence-corrected chi connectivity index (χ3v) is 2.64. The van der Waals surface area contributed by atoms with Crippen LogP contribution in [0, 0.1) is 11.6 Å². The first-order chi connectivity index (χ1) is 9.66. The molecular weight excluding hydrogens is 268 g/mol. The SMILES string of the molecule is O=c1c(-n2cncn2)nccn1-c1ccc(F)c(F)c1. The van der Waals surface area contributed by atoms with E-state index in [0.717, 1.165) is 16.7 Å². The van der Waals surface area contributed by atoms with Gasteiger partial charge in [-0.25, -0.2) is 18.7 Å². The van der Waals surface area contributed by atoms with Crippen molar-refractivity contribution in [3.05, 3.63) is 65.2 Å². The van der Waals surface area contributed by atoms with Gasteiger partial charge in [0, 0.05) is 18.5 Å². The van der Waals surface area contributed by atoms with Gasteiger partial charge in [0.25, 0.3) is 5.56 Å². The Kier molecular flexibility index (Phi) is 2.82. The average molecular weight is 275 g/mol. The predicted octanol–water partition coefficient (Wildman–Crippen LogP) is 1.09. The Morgan fingerprint density at radius 2 is 2.00 bits per heavy atom. The van der Waals surface area contributed by atoms with Crippen LogP contribution in [0.4, 0.5) is 8.78 Å². The van der Waals surface area contributed by atoms with Crippen molar-refractivity contribution in [2.45, 2.75) is 0 Å². The molecule has 20 heavy (non-hydrogen) atoms. The third kappa shape index (κ3) is 1.96. The van der Waals surface area contributed by atoms with Gasteiger partial charge in [0.1, 0.15) is 12.7 Å². The maximum Gasteiger partial charge on any atom is 0.300 e. The third-order valence-electron chi connectivity index (χ3n) is 2.64. The van der Waals surface area contributed by atoms with Gasteiger partial charge < -0.3 is 0 Å². The van der Waals surface area contributed by atoms with Crippen LogP contribution < -0.4 is 5.56 Å². The molecule has 0 aliphatic rings. The summed E-state index contributed by atoms with van der Waals surface area (Å²) in [5, 5.41) is 3.81. The second-order valence-corrected chi connectivity index (χ2v) is 3.86. The second kappa shape index (κ2) is 4.65. The molecule has 0 unspecified atom stereocenters. The monoisotopic (exact) mass is 275 g/mol. The summed E-state index contributed by atoms with van der Waals surface area (Å²) < 4.78 is 28.5. The highest BCUT2D eigenvalue weighted by molar-refractivity contribution is 5.34. The van der Waals surface area contributed by atoms with Gasteiger partial charge in [-0.15, -0.1) is 0 Å². The largest absolute Gasteiger partial charge is 0.300 e. The molecule has 0 N–H and O–H groups in total. The van der Waals surface area contributed by atoms with Gasteiger partial charge >= 0.3 is 0 Å². The van der Waals surface area contributed by atoms with E-state index in [2.05, 4.69) is 15.1 Å². The van der Waals surface area contributed by atoms with Gasteiger partial charge in [0.05, 0.1) is 5.69 Å². The Labute approximate surface area is 111 Å². The summed E-state index contributed by atoms with van der Waals surface area (Å²) in [6, 6.07) is 3.18. The fraction of sp³-hybridized carbons (Fsp3) is 0. The zero-order chi connectivity index (χ0) is 14.1. The van der Waals surface area contributed by atoms with Crippen molar-refractivity contribution in [1.82, 2.24) is 24.3 Å². The summed E-state index contributed by atoms with van der Waals surface area (Å²) in [6.45, 7) is 0. The minimum absolute atomic E-state index is 0.00901. The van der Waals surface area contributed by atoms with E-state index in [-0.39, 0.29) is 11.5 Å². The van der Waals surface area contributed by atoms with E-state index in [9.17, 15) is 13.6 Å². The summed E-state index contributed by atoms with van der Waals surface area (Å²) in [7, 11) is 0. The van der Waals surface area contributed by atoms with E-state index in [4.69, 9.17) is 0 Å². The van der Waals surface area contributed by atoms with Gasteiger partial charge in [-0.05, 0) is 12.1 Å². The number of hydrogen-bond donors (Lipinski definition) is 0. The van der Waals surface area contributed by atoms with Crippen LogP contribution in [-0.4, -0.2) is 24.3 Å². The molecule has 8 heteroatoms. The maximum atomic E-state index is 13.2. The average Bonchev–Trinajstić information content (AvgIpc) is 2.96. The summed E-state index contributed by atoms with van der Waals surface area (Å²) in [4.78, 5) is 19.9. The Balaban J connectivity index is 2.18. The highest BCUT2D eigenvalue weighted by atomic mass is 19.2. The van der Waals surface area contributed by atoms with Crippen molar-refractivity contribution in [3.63, 3.8) is 0 Å². The molecule has 1 aromatic carbocycles. The molecule has 0 amide bonds. The number of aromatic nitrogens is 5. The lowest BCUT2D eigenvalue weighted by Gasteiger charge is -2.07. The smallest absolute Gasteiger partial charge is 0.279 e. The molecule has 3 rings (SSSR count). The molecule has 100 valence electrons. The lowest BCUT2D eigenvalue weighted by Crippen LogP contribution is -2.24. The first-order valence-electron chi connectivity index (χ1n) is 5.55. The number of halogens is 2. The molecule has 0 aliphatic carbocycles. The van der Waals surface area contributed by atoms with Crippen molar-refractivity contribution in [2.24, 2.45) is 0 Å². The Bertz CT molecular complexity index is 813. The van der Waals surface area contributed by atoms with E-state index in [1.165, 1.54) is 35.8 Å². The zero-order valence-corrected chi connectivity index (χ0v) is 9.94. The standard InChI is InChI=1S/C12H7F2N5O/c13-9-2-1-8(5-10(9)14)18-4-3-16-11(12(18)20)19-7-15-6-17-19/h1-7H. The van der Waals surface area contributed by atoms with E-state index in [1.807, 2.05) is 0 Å². The lowest BCUT2D eigenvalue weighted by molar-refractivity contribution is 0.508. The predicted molar refractivity (Wildman–Crippen MR) is 64.7 cm³/mol. The number of benzene rings is 1. The van der Waals surface area contributed by atoms with Crippen LogP contribution in [0.1, 0.15) is 0 Å². The summed E-state index contributed by atoms with van der Waals surface area (Å²) >= 11 is 0. The molecule has 0 atom stereocenters. The Hall–Kier alpha value is -2.90. The van der Waals surface area contributed by atoms with Crippen molar-refractivity contribution in [1.29, 1.82) is 0 Å². The van der Waals surface area contributed by atoms with Crippen LogP contribution in [0.25, 0.3) is 11.5 Å². The van der Waals surface area contributed by atoms with Crippen LogP contribution in [0.2, 0.25) is 0 Å². The molecule has 0 bridgehead atoms. The topological polar surface area (TPSA) is 65.6 Å². The van der Waals surface area contributed by atoms with Gasteiger partial charge in [0.15, 0.2) is 11.6 Å². The van der Waals surface area contributed by atoms with Crippen LogP contribution in [0.3, 0.4) is 0 Å². The van der Waals surface area contributed by atoms with Crippen molar-refractivity contribution in [3.8, 4) is 11.5 Å². The molecule has 2 aromatic heterocycles. The molecule has 0 fully saturated rings. The minimum Gasteiger partial charge on any atom is -0.279 e. The lowest BCUT2D eigenvalue weighted by atomic mass is 10.3. The maximum absolute atomic E-state index is 13.2. The quantitative estimate of drug-likeness (QED) is 0.702. The highest BCUT2D eigenvalue weighted by Crippen LogP contribution is 2.11. The number of hydrogen-bond acceptors (Lipinski definition) is 4. The van der Waals surface area contributed by atoms with Crippen LogP contribution in [-0.2, 0) is 0 Å². The van der Waals surface area contributed by atoms with Crippen LogP contribution in [0.5, 0.6) is 0 Å². The van der Waals surface area contributed by atoms with Crippen LogP contribution >= 0.6 is 0 Å². The van der Waals surface area contributed by atoms with Gasteiger partial charge in [-0.3, -0.25) is 9.36 Å². The van der Waals surface area contributed by atoms with E-state index in [0.29, 0.717) is 0 Å². The molecule has 3 aromatic rings.